The van der Waals surface area contributed by atoms with E-state index in [9.17, 15) is 13.6 Å². The van der Waals surface area contributed by atoms with Crippen molar-refractivity contribution in [1.29, 1.82) is 0 Å². The largest absolute Gasteiger partial charge is 0.319 e. The molecular formula is C10H9F2N5OS. The van der Waals surface area contributed by atoms with Crippen LogP contribution in [0.5, 0.6) is 0 Å². The highest BCUT2D eigenvalue weighted by Crippen LogP contribution is 2.20. The van der Waals surface area contributed by atoms with Crippen LogP contribution in [0.2, 0.25) is 0 Å². The van der Waals surface area contributed by atoms with E-state index in [1.54, 1.807) is 6.92 Å². The van der Waals surface area contributed by atoms with E-state index in [-0.39, 0.29) is 10.7 Å². The van der Waals surface area contributed by atoms with Gasteiger partial charge in [-0.1, -0.05) is 0 Å². The Bertz CT molecular complexity index is 607. The van der Waals surface area contributed by atoms with E-state index in [0.717, 1.165) is 23.7 Å². The third-order valence-electron chi connectivity index (χ3n) is 2.20. The highest BCUT2D eigenvalue weighted by Gasteiger charge is 2.15. The molecule has 6 nitrogen and oxygen atoms in total. The van der Waals surface area contributed by atoms with Crippen molar-refractivity contribution < 1.29 is 13.6 Å². The third-order valence-corrected chi connectivity index (χ3v) is 2.92. The molecule has 0 spiro atoms. The molecule has 0 saturated carbocycles. The molecule has 0 aliphatic rings. The number of nitrogens with one attached hydrogen (secondary N) is 2. The number of nitrogens with two attached hydrogens (primary N) is 1. The minimum Gasteiger partial charge on any atom is -0.319 e. The highest BCUT2D eigenvalue weighted by molar-refractivity contribution is 7.09. The van der Waals surface area contributed by atoms with Crippen LogP contribution in [0.1, 0.15) is 16.2 Å². The van der Waals surface area contributed by atoms with Gasteiger partial charge in [-0.15, -0.1) is 0 Å². The van der Waals surface area contributed by atoms with Crippen molar-refractivity contribution in [1.82, 2.24) is 9.36 Å². The van der Waals surface area contributed by atoms with Gasteiger partial charge in [0.1, 0.15) is 11.5 Å². The number of halogens is 2. The van der Waals surface area contributed by atoms with E-state index in [4.69, 9.17) is 5.84 Å². The Balaban J connectivity index is 2.24. The summed E-state index contributed by atoms with van der Waals surface area (Å²) in [6, 6.07) is 1.75. The number of carbonyl (C=O) groups is 1. The lowest BCUT2D eigenvalue weighted by atomic mass is 10.1. The number of hydrazine groups is 1. The number of rotatable bonds is 3. The monoisotopic (exact) mass is 285 g/mol. The summed E-state index contributed by atoms with van der Waals surface area (Å²) in [6.07, 6.45) is 0. The molecule has 0 atom stereocenters. The lowest BCUT2D eigenvalue weighted by Crippen LogP contribution is -2.15. The average molecular weight is 285 g/mol. The number of hydrogen-bond donors (Lipinski definition) is 3. The second kappa shape index (κ2) is 5.24. The van der Waals surface area contributed by atoms with Crippen LogP contribution in [-0.2, 0) is 0 Å². The normalized spacial score (nSPS) is 10.3. The summed E-state index contributed by atoms with van der Waals surface area (Å²) in [6.45, 7) is 1.66. The predicted octanol–water partition coefficient (Wildman–Crippen LogP) is 1.66. The number of nitrogens with zero attached hydrogens (tertiary/aromatic N) is 2. The van der Waals surface area contributed by atoms with Crippen molar-refractivity contribution in [3.05, 3.63) is 35.2 Å². The molecule has 4 N–H and O–H groups in total. The van der Waals surface area contributed by atoms with E-state index in [2.05, 4.69) is 14.7 Å². The lowest BCUT2D eigenvalue weighted by molar-refractivity contribution is 0.102. The summed E-state index contributed by atoms with van der Waals surface area (Å²) in [7, 11) is 0. The minimum atomic E-state index is -0.957. The lowest BCUT2D eigenvalue weighted by Gasteiger charge is -2.06. The van der Waals surface area contributed by atoms with Gasteiger partial charge in [0.15, 0.2) is 11.6 Å². The van der Waals surface area contributed by atoms with Crippen LogP contribution in [0.25, 0.3) is 0 Å². The molecule has 0 radical (unpaired) electrons. The second-order valence-electron chi connectivity index (χ2n) is 3.56. The average Bonchev–Trinajstić information content (AvgIpc) is 2.74. The van der Waals surface area contributed by atoms with Crippen LogP contribution in [0, 0.1) is 18.6 Å². The van der Waals surface area contributed by atoms with Crippen LogP contribution >= 0.6 is 11.5 Å². The Hall–Kier alpha value is -2.13. The van der Waals surface area contributed by atoms with Crippen molar-refractivity contribution >= 4 is 28.3 Å². The number of anilines is 2. The molecule has 1 aromatic heterocycles. The van der Waals surface area contributed by atoms with Crippen molar-refractivity contribution in [3.63, 3.8) is 0 Å². The summed E-state index contributed by atoms with van der Waals surface area (Å²) in [5.74, 6) is 2.86. The molecule has 2 rings (SSSR count). The van der Waals surface area contributed by atoms with Crippen LogP contribution in [0.15, 0.2) is 12.1 Å². The fraction of sp³-hybridized carbons (Fsp3) is 0.100. The molecule has 2 aromatic rings. The number of aromatic nitrogens is 2. The first-order valence-corrected chi connectivity index (χ1v) is 5.86. The van der Waals surface area contributed by atoms with Gasteiger partial charge in [0.05, 0.1) is 0 Å². The van der Waals surface area contributed by atoms with Crippen molar-refractivity contribution in [2.45, 2.75) is 6.92 Å². The number of carbonyl (C=O) groups excluding carboxylic acids is 1. The van der Waals surface area contributed by atoms with Crippen LogP contribution in [-0.4, -0.2) is 15.3 Å². The number of hydrogen-bond acceptors (Lipinski definition) is 6. The fourth-order valence-corrected chi connectivity index (χ4v) is 1.93. The van der Waals surface area contributed by atoms with Crippen molar-refractivity contribution in [2.24, 2.45) is 5.84 Å². The Morgan fingerprint density at radius 2 is 2.00 bits per heavy atom. The van der Waals surface area contributed by atoms with Gasteiger partial charge in [-0.2, -0.15) is 4.37 Å². The molecule has 0 fully saturated rings. The van der Waals surface area contributed by atoms with E-state index in [0.29, 0.717) is 5.82 Å². The first-order valence-electron chi connectivity index (χ1n) is 5.08. The van der Waals surface area contributed by atoms with Gasteiger partial charge in [0, 0.05) is 17.1 Å². The van der Waals surface area contributed by atoms with Crippen LogP contribution in [0.3, 0.4) is 0 Å². The third kappa shape index (κ3) is 2.83. The van der Waals surface area contributed by atoms with E-state index in [1.165, 1.54) is 0 Å². The number of benzene rings is 1. The smallest absolute Gasteiger partial charge is 0.257 e. The maximum Gasteiger partial charge on any atom is 0.257 e. The first-order chi connectivity index (χ1) is 9.01. The van der Waals surface area contributed by atoms with Crippen molar-refractivity contribution in [3.8, 4) is 0 Å². The number of nitrogen functional groups attached to an aromatic ring is 1. The Labute approximate surface area is 110 Å². The van der Waals surface area contributed by atoms with E-state index in [1.807, 2.05) is 5.43 Å². The Kier molecular flexibility index (Phi) is 3.67. The van der Waals surface area contributed by atoms with Crippen LogP contribution in [0.4, 0.5) is 19.6 Å². The first kappa shape index (κ1) is 13.3. The summed E-state index contributed by atoms with van der Waals surface area (Å²) < 4.78 is 30.7. The van der Waals surface area contributed by atoms with Gasteiger partial charge < -0.3 is 5.43 Å². The molecule has 19 heavy (non-hydrogen) atoms. The van der Waals surface area contributed by atoms with Gasteiger partial charge in [-0.3, -0.25) is 16.0 Å². The summed E-state index contributed by atoms with van der Waals surface area (Å²) >= 11 is 0.976. The van der Waals surface area contributed by atoms with Gasteiger partial charge >= 0.3 is 0 Å². The molecule has 0 aliphatic carbocycles. The maximum atomic E-state index is 13.4. The maximum absolute atomic E-state index is 13.4. The topological polar surface area (TPSA) is 92.9 Å². The zero-order valence-electron chi connectivity index (χ0n) is 9.70. The SMILES string of the molecule is Cc1nsc(NC(=O)c2cc(F)c(NN)c(F)c2)n1. The summed E-state index contributed by atoms with van der Waals surface area (Å²) in [4.78, 5) is 15.7. The zero-order valence-corrected chi connectivity index (χ0v) is 10.5. The number of amides is 1. The van der Waals surface area contributed by atoms with E-state index < -0.39 is 23.2 Å². The van der Waals surface area contributed by atoms with E-state index >= 15 is 0 Å². The molecule has 1 aromatic carbocycles. The summed E-state index contributed by atoms with van der Waals surface area (Å²) in [5, 5.41) is 2.65. The van der Waals surface area contributed by atoms with Crippen LogP contribution < -0.4 is 16.6 Å². The molecule has 0 saturated heterocycles. The quantitative estimate of drug-likeness (QED) is 0.589. The number of aryl methyl sites for hydroxylation is 1. The van der Waals surface area contributed by atoms with Gasteiger partial charge in [0.2, 0.25) is 5.13 Å². The van der Waals surface area contributed by atoms with Gasteiger partial charge in [-0.05, 0) is 19.1 Å². The standard InChI is InChI=1S/C10H9F2N5OS/c1-4-14-10(19-17-4)15-9(18)5-2-6(11)8(16-13)7(12)3-5/h2-3,16H,13H2,1H3,(H,14,15,17,18). The molecule has 0 unspecified atom stereocenters. The Morgan fingerprint density at radius 1 is 1.37 bits per heavy atom. The minimum absolute atomic E-state index is 0.179. The molecular weight excluding hydrogens is 276 g/mol. The molecule has 0 bridgehead atoms. The zero-order chi connectivity index (χ0) is 14.0. The molecule has 1 amide bonds. The molecule has 0 aliphatic heterocycles. The van der Waals surface area contributed by atoms with Gasteiger partial charge in [0.25, 0.3) is 5.91 Å². The predicted molar refractivity (Wildman–Crippen MR) is 66.8 cm³/mol. The fourth-order valence-electron chi connectivity index (χ4n) is 1.36. The highest BCUT2D eigenvalue weighted by atomic mass is 32.1. The van der Waals surface area contributed by atoms with Crippen molar-refractivity contribution in [2.75, 3.05) is 10.7 Å². The molecule has 1 heterocycles. The summed E-state index contributed by atoms with van der Waals surface area (Å²) in [5.41, 5.74) is 1.20. The second-order valence-corrected chi connectivity index (χ2v) is 4.31. The molecule has 100 valence electrons. The Morgan fingerprint density at radius 3 is 2.47 bits per heavy atom. The van der Waals surface area contributed by atoms with Gasteiger partial charge in [-0.25, -0.2) is 13.8 Å². The molecule has 9 heteroatoms.